The van der Waals surface area contributed by atoms with Gasteiger partial charge in [-0.2, -0.15) is 10.2 Å². The number of nitrogens with zero attached hydrogens (tertiary/aromatic N) is 5. The zero-order valence-electron chi connectivity index (χ0n) is 25.7. The van der Waals surface area contributed by atoms with E-state index in [0.29, 0.717) is 48.3 Å². The third-order valence-electron chi connectivity index (χ3n) is 7.11. The highest BCUT2D eigenvalue weighted by Crippen LogP contribution is 2.25. The number of methoxy groups -OCH3 is 1. The number of ether oxygens (including phenoxy) is 1. The summed E-state index contributed by atoms with van der Waals surface area (Å²) in [6.07, 6.45) is 8.45. The van der Waals surface area contributed by atoms with Crippen LogP contribution in [0.4, 0.5) is 17.5 Å². The van der Waals surface area contributed by atoms with Crippen molar-refractivity contribution in [2.24, 2.45) is 5.92 Å². The van der Waals surface area contributed by atoms with E-state index in [0.717, 1.165) is 25.7 Å². The molecule has 3 rings (SSSR count). The second-order valence-corrected chi connectivity index (χ2v) is 10.8. The molecule has 0 saturated heterocycles. The molecule has 1 fully saturated rings. The summed E-state index contributed by atoms with van der Waals surface area (Å²) >= 11 is 0. The summed E-state index contributed by atoms with van der Waals surface area (Å²) in [5.74, 6) is 7.31. The summed E-state index contributed by atoms with van der Waals surface area (Å²) in [6.45, 7) is 3.44. The fraction of sp³-hybridized carbons (Fsp3) is 0.469. The second kappa shape index (κ2) is 16.9. The van der Waals surface area contributed by atoms with Gasteiger partial charge in [-0.15, -0.1) is 0 Å². The van der Waals surface area contributed by atoms with E-state index in [-0.39, 0.29) is 23.8 Å². The fourth-order valence-corrected chi connectivity index (χ4v) is 4.54. The summed E-state index contributed by atoms with van der Waals surface area (Å²) in [7, 11) is 7.13. The predicted molar refractivity (Wildman–Crippen MR) is 168 cm³/mol. The van der Waals surface area contributed by atoms with Gasteiger partial charge >= 0.3 is 0 Å². The Kier molecular flexibility index (Phi) is 13.0. The number of aromatic nitrogens is 2. The van der Waals surface area contributed by atoms with E-state index >= 15 is 0 Å². The fourth-order valence-electron chi connectivity index (χ4n) is 4.54. The molecule has 3 atom stereocenters. The molecule has 1 saturated carbocycles. The van der Waals surface area contributed by atoms with E-state index in [1.54, 1.807) is 51.6 Å². The predicted octanol–water partition coefficient (Wildman–Crippen LogP) is 3.14. The van der Waals surface area contributed by atoms with Crippen molar-refractivity contribution < 1.29 is 14.3 Å². The Hall–Kier alpha value is -4.45. The Morgan fingerprint density at radius 2 is 2.07 bits per heavy atom. The Morgan fingerprint density at radius 3 is 2.81 bits per heavy atom. The Balaban J connectivity index is 1.65. The molecule has 3 N–H and O–H groups in total. The quantitative estimate of drug-likeness (QED) is 0.195. The average Bonchev–Trinajstić information content (AvgIpc) is 3.00. The van der Waals surface area contributed by atoms with Crippen molar-refractivity contribution in [2.45, 2.75) is 44.7 Å². The molecule has 11 heteroatoms. The number of amides is 2. The van der Waals surface area contributed by atoms with Crippen molar-refractivity contribution in [1.29, 1.82) is 5.26 Å². The van der Waals surface area contributed by atoms with Gasteiger partial charge in [-0.1, -0.05) is 30.4 Å². The number of nitrogens with one attached hydrogen (secondary N) is 3. The van der Waals surface area contributed by atoms with Crippen molar-refractivity contribution in [3.05, 3.63) is 53.7 Å². The maximum Gasteiger partial charge on any atom is 0.246 e. The maximum absolute atomic E-state index is 13.0. The molecular formula is C32H42N8O3. The monoisotopic (exact) mass is 586 g/mol. The maximum atomic E-state index is 13.0. The summed E-state index contributed by atoms with van der Waals surface area (Å²) < 4.78 is 5.17. The largest absolute Gasteiger partial charge is 0.383 e. The zero-order valence-corrected chi connectivity index (χ0v) is 25.7. The molecule has 0 radical (unpaired) electrons. The van der Waals surface area contributed by atoms with Crippen LogP contribution in [-0.4, -0.2) is 91.6 Å². The first-order valence-electron chi connectivity index (χ1n) is 14.5. The highest BCUT2D eigenvalue weighted by Gasteiger charge is 2.26. The number of hydrogen-bond acceptors (Lipinski definition) is 9. The average molecular weight is 587 g/mol. The Labute approximate surface area is 254 Å². The van der Waals surface area contributed by atoms with Crippen LogP contribution in [0.3, 0.4) is 0 Å². The third kappa shape index (κ3) is 10.7. The van der Waals surface area contributed by atoms with Crippen molar-refractivity contribution in [2.75, 3.05) is 58.6 Å². The lowest BCUT2D eigenvalue weighted by atomic mass is 9.86. The van der Waals surface area contributed by atoms with Crippen LogP contribution in [0.15, 0.2) is 42.6 Å². The number of benzene rings is 1. The van der Waals surface area contributed by atoms with Gasteiger partial charge in [-0.25, -0.2) is 4.98 Å². The van der Waals surface area contributed by atoms with E-state index in [2.05, 4.69) is 43.8 Å². The lowest BCUT2D eigenvalue weighted by molar-refractivity contribution is -0.135. The molecule has 11 nitrogen and oxygen atoms in total. The number of likely N-dealkylation sites (N-methyl/N-ethyl adjacent to an activating group) is 2. The first-order chi connectivity index (χ1) is 20.7. The molecular weight excluding hydrogens is 544 g/mol. The smallest absolute Gasteiger partial charge is 0.246 e. The minimum Gasteiger partial charge on any atom is -0.383 e. The number of carbonyl (C=O) groups excluding carboxylic acids is 2. The van der Waals surface area contributed by atoms with E-state index in [1.807, 2.05) is 25.1 Å². The molecule has 2 amide bonds. The van der Waals surface area contributed by atoms with Crippen LogP contribution in [0.5, 0.6) is 0 Å². The molecule has 43 heavy (non-hydrogen) atoms. The lowest BCUT2D eigenvalue weighted by Gasteiger charge is -2.30. The van der Waals surface area contributed by atoms with Gasteiger partial charge in [0, 0.05) is 51.0 Å². The molecule has 0 spiro atoms. The van der Waals surface area contributed by atoms with Gasteiger partial charge in [-0.05, 0) is 58.5 Å². The summed E-state index contributed by atoms with van der Waals surface area (Å²) in [5.41, 5.74) is 1.91. The number of anilines is 3. The molecule has 228 valence electrons. The van der Waals surface area contributed by atoms with Crippen LogP contribution in [-0.2, 0) is 14.3 Å². The molecule has 2 aromatic rings. The molecule has 1 aliphatic rings. The van der Waals surface area contributed by atoms with Gasteiger partial charge < -0.3 is 30.5 Å². The van der Waals surface area contributed by atoms with E-state index in [9.17, 15) is 14.9 Å². The van der Waals surface area contributed by atoms with Crippen LogP contribution < -0.4 is 16.0 Å². The lowest BCUT2D eigenvalue weighted by Crippen LogP contribution is -2.49. The highest BCUT2D eigenvalue weighted by molar-refractivity contribution is 5.92. The number of carbonyl (C=O) groups is 2. The zero-order chi connectivity index (χ0) is 31.2. The SMILES string of the molecule is COCCNc1nc(Nc2cccc(C#N)c2)ncc1C#C[C@@H]1CCC[C@H](NC(=O)[C@H](C)N(C)C(=O)C=CCN(C)C)C1. The first-order valence-corrected chi connectivity index (χ1v) is 14.5. The van der Waals surface area contributed by atoms with Gasteiger partial charge in [-0.3, -0.25) is 9.59 Å². The molecule has 0 aliphatic heterocycles. The summed E-state index contributed by atoms with van der Waals surface area (Å²) in [6, 6.07) is 8.62. The van der Waals surface area contributed by atoms with Gasteiger partial charge in [0.2, 0.25) is 17.8 Å². The standard InChI is InChI=1S/C32H42N8O3/c1-23(40(4)29(41)13-8-17-39(2)3)31(42)36-27-11-6-9-24(19-27)14-15-26-22-35-32(38-30(26)34-16-18-43-5)37-28-12-7-10-25(20-28)21-33/h7-8,10,12-13,20,22-24,27H,6,9,11,16-19H2,1-5H3,(H,36,42)(H2,34,35,37,38)/t23-,24-,27-/m0/s1. The normalized spacial score (nSPS) is 17.0. The minimum atomic E-state index is -0.588. The third-order valence-corrected chi connectivity index (χ3v) is 7.11. The summed E-state index contributed by atoms with van der Waals surface area (Å²) in [4.78, 5) is 37.9. The second-order valence-electron chi connectivity index (χ2n) is 10.8. The highest BCUT2D eigenvalue weighted by atomic mass is 16.5. The molecule has 0 bridgehead atoms. The Morgan fingerprint density at radius 1 is 1.26 bits per heavy atom. The van der Waals surface area contributed by atoms with Crippen LogP contribution in [0, 0.1) is 29.1 Å². The van der Waals surface area contributed by atoms with Crippen molar-refractivity contribution in [3.8, 4) is 17.9 Å². The minimum absolute atomic E-state index is 0.0120. The summed E-state index contributed by atoms with van der Waals surface area (Å²) in [5, 5.41) is 18.7. The van der Waals surface area contributed by atoms with Crippen molar-refractivity contribution in [1.82, 2.24) is 25.1 Å². The molecule has 1 aliphatic carbocycles. The van der Waals surface area contributed by atoms with Gasteiger partial charge in [0.1, 0.15) is 11.9 Å². The van der Waals surface area contributed by atoms with Crippen molar-refractivity contribution >= 4 is 29.3 Å². The molecule has 1 aromatic heterocycles. The van der Waals surface area contributed by atoms with Gasteiger partial charge in [0.05, 0.1) is 30.0 Å². The van der Waals surface area contributed by atoms with Gasteiger partial charge in [0.25, 0.3) is 0 Å². The number of nitriles is 1. The van der Waals surface area contributed by atoms with Crippen LogP contribution in [0.2, 0.25) is 0 Å². The first kappa shape index (κ1) is 33.1. The van der Waals surface area contributed by atoms with E-state index in [1.165, 1.54) is 11.0 Å². The number of rotatable bonds is 12. The van der Waals surface area contributed by atoms with Crippen LogP contribution in [0.25, 0.3) is 0 Å². The Bertz CT molecular complexity index is 1370. The van der Waals surface area contributed by atoms with E-state index in [4.69, 9.17) is 4.74 Å². The van der Waals surface area contributed by atoms with E-state index < -0.39 is 6.04 Å². The topological polar surface area (TPSA) is 136 Å². The van der Waals surface area contributed by atoms with Crippen molar-refractivity contribution in [3.63, 3.8) is 0 Å². The number of hydrogen-bond donors (Lipinski definition) is 3. The van der Waals surface area contributed by atoms with Gasteiger partial charge in [0.15, 0.2) is 0 Å². The molecule has 1 heterocycles. The molecule has 0 unspecified atom stereocenters. The van der Waals surface area contributed by atoms with Crippen LogP contribution >= 0.6 is 0 Å². The molecule has 1 aromatic carbocycles. The van der Waals surface area contributed by atoms with Crippen LogP contribution in [0.1, 0.15) is 43.7 Å².